The van der Waals surface area contributed by atoms with Gasteiger partial charge in [-0.3, -0.25) is 9.59 Å². The molecule has 0 radical (unpaired) electrons. The molecule has 0 atom stereocenters. The molecule has 2 N–H and O–H groups in total. The molecule has 25 heavy (non-hydrogen) atoms. The van der Waals surface area contributed by atoms with Crippen molar-refractivity contribution in [1.29, 1.82) is 0 Å². The lowest BCUT2D eigenvalue weighted by atomic mass is 10.1. The maximum Gasteiger partial charge on any atom is 0.253 e. The highest BCUT2D eigenvalue weighted by molar-refractivity contribution is 6.07. The Bertz CT molecular complexity index is 884. The summed E-state index contributed by atoms with van der Waals surface area (Å²) < 4.78 is 2.09. The van der Waals surface area contributed by atoms with Crippen LogP contribution in [0.4, 0.5) is 0 Å². The van der Waals surface area contributed by atoms with Gasteiger partial charge in [0.2, 0.25) is 5.91 Å². The Morgan fingerprint density at radius 2 is 1.60 bits per heavy atom. The molecule has 1 heterocycles. The maximum atomic E-state index is 12.5. The molecule has 128 valence electrons. The summed E-state index contributed by atoms with van der Waals surface area (Å²) in [6, 6.07) is 18.0. The quantitative estimate of drug-likeness (QED) is 0.680. The number of para-hydroxylation sites is 1. The van der Waals surface area contributed by atoms with E-state index in [1.807, 2.05) is 48.7 Å². The van der Waals surface area contributed by atoms with E-state index in [0.717, 1.165) is 10.9 Å². The van der Waals surface area contributed by atoms with E-state index in [9.17, 15) is 9.59 Å². The predicted octanol–water partition coefficient (Wildman–Crippen LogP) is 2.56. The zero-order valence-corrected chi connectivity index (χ0v) is 14.2. The summed E-state index contributed by atoms with van der Waals surface area (Å²) in [7, 11) is 0. The second-order valence-corrected chi connectivity index (χ2v) is 5.91. The lowest BCUT2D eigenvalue weighted by Crippen LogP contribution is -2.33. The van der Waals surface area contributed by atoms with Crippen LogP contribution in [0.1, 0.15) is 22.8 Å². The van der Waals surface area contributed by atoms with E-state index in [2.05, 4.69) is 27.3 Å². The molecule has 0 aliphatic heterocycles. The van der Waals surface area contributed by atoms with Crippen LogP contribution in [0.15, 0.2) is 60.8 Å². The third kappa shape index (κ3) is 4.07. The van der Waals surface area contributed by atoms with Crippen molar-refractivity contribution in [3.63, 3.8) is 0 Å². The van der Waals surface area contributed by atoms with Gasteiger partial charge in [0.05, 0.1) is 5.56 Å². The SMILES string of the molecule is CC(=O)NCCNC(=O)c1cn(Cc2ccccc2)c2ccccc12. The standard InChI is InChI=1S/C20H21N3O2/c1-15(24)21-11-12-22-20(25)18-14-23(13-16-7-3-2-4-8-16)19-10-6-5-9-17(18)19/h2-10,14H,11-13H2,1H3,(H,21,24)(H,22,25). The van der Waals surface area contributed by atoms with Gasteiger partial charge in [0.1, 0.15) is 0 Å². The van der Waals surface area contributed by atoms with Gasteiger partial charge in [-0.25, -0.2) is 0 Å². The number of carbonyl (C=O) groups is 2. The Morgan fingerprint density at radius 1 is 0.920 bits per heavy atom. The van der Waals surface area contributed by atoms with Gasteiger partial charge in [0.15, 0.2) is 0 Å². The minimum absolute atomic E-state index is 0.103. The van der Waals surface area contributed by atoms with Crippen molar-refractivity contribution in [2.75, 3.05) is 13.1 Å². The van der Waals surface area contributed by atoms with Crippen molar-refractivity contribution in [2.45, 2.75) is 13.5 Å². The maximum absolute atomic E-state index is 12.5. The monoisotopic (exact) mass is 335 g/mol. The minimum Gasteiger partial charge on any atom is -0.355 e. The normalized spacial score (nSPS) is 10.6. The van der Waals surface area contributed by atoms with Crippen LogP contribution in [-0.2, 0) is 11.3 Å². The molecule has 1 aromatic heterocycles. The highest BCUT2D eigenvalue weighted by Gasteiger charge is 2.14. The van der Waals surface area contributed by atoms with E-state index in [0.29, 0.717) is 25.2 Å². The van der Waals surface area contributed by atoms with E-state index < -0.39 is 0 Å². The predicted molar refractivity (Wildman–Crippen MR) is 98.5 cm³/mol. The van der Waals surface area contributed by atoms with Gasteiger partial charge in [0.25, 0.3) is 5.91 Å². The minimum atomic E-state index is -0.131. The van der Waals surface area contributed by atoms with Crippen LogP contribution < -0.4 is 10.6 Å². The zero-order chi connectivity index (χ0) is 17.6. The smallest absolute Gasteiger partial charge is 0.253 e. The summed E-state index contributed by atoms with van der Waals surface area (Å²) in [6.07, 6.45) is 1.89. The molecule has 5 heteroatoms. The van der Waals surface area contributed by atoms with Gasteiger partial charge in [-0.05, 0) is 11.6 Å². The number of rotatable bonds is 6. The van der Waals surface area contributed by atoms with Crippen LogP contribution in [-0.4, -0.2) is 29.5 Å². The molecule has 0 aliphatic rings. The molecule has 0 saturated heterocycles. The fourth-order valence-corrected chi connectivity index (χ4v) is 2.85. The molecule has 0 aliphatic carbocycles. The van der Waals surface area contributed by atoms with Gasteiger partial charge in [-0.15, -0.1) is 0 Å². The largest absolute Gasteiger partial charge is 0.355 e. The number of hydrogen-bond donors (Lipinski definition) is 2. The van der Waals surface area contributed by atoms with Gasteiger partial charge in [-0.1, -0.05) is 48.5 Å². The molecule has 3 rings (SSSR count). The summed E-state index contributed by atoms with van der Waals surface area (Å²) in [6.45, 7) is 2.99. The number of amides is 2. The number of aromatic nitrogens is 1. The highest BCUT2D eigenvalue weighted by atomic mass is 16.2. The number of carbonyl (C=O) groups excluding carboxylic acids is 2. The molecule has 0 fully saturated rings. The number of hydrogen-bond acceptors (Lipinski definition) is 2. The van der Waals surface area contributed by atoms with Crippen molar-refractivity contribution in [3.05, 3.63) is 71.9 Å². The van der Waals surface area contributed by atoms with Crippen molar-refractivity contribution in [3.8, 4) is 0 Å². The molecular weight excluding hydrogens is 314 g/mol. The third-order valence-corrected chi connectivity index (χ3v) is 4.01. The van der Waals surface area contributed by atoms with Crippen LogP contribution >= 0.6 is 0 Å². The third-order valence-electron chi connectivity index (χ3n) is 4.01. The average molecular weight is 335 g/mol. The van der Waals surface area contributed by atoms with Crippen LogP contribution in [0.5, 0.6) is 0 Å². The molecule has 0 spiro atoms. The van der Waals surface area contributed by atoms with Crippen LogP contribution in [0, 0.1) is 0 Å². The molecule has 3 aromatic rings. The van der Waals surface area contributed by atoms with Crippen molar-refractivity contribution in [1.82, 2.24) is 15.2 Å². The van der Waals surface area contributed by atoms with Crippen molar-refractivity contribution >= 4 is 22.7 Å². The van der Waals surface area contributed by atoms with E-state index in [1.54, 1.807) is 0 Å². The van der Waals surface area contributed by atoms with Gasteiger partial charge >= 0.3 is 0 Å². The fourth-order valence-electron chi connectivity index (χ4n) is 2.85. The van der Waals surface area contributed by atoms with Crippen LogP contribution in [0.25, 0.3) is 10.9 Å². The fraction of sp³-hybridized carbons (Fsp3) is 0.200. The number of fused-ring (bicyclic) bond motifs is 1. The van der Waals surface area contributed by atoms with Gasteiger partial charge < -0.3 is 15.2 Å². The summed E-state index contributed by atoms with van der Waals surface area (Å²) in [4.78, 5) is 23.4. The average Bonchev–Trinajstić information content (AvgIpc) is 2.98. The van der Waals surface area contributed by atoms with Crippen LogP contribution in [0.2, 0.25) is 0 Å². The Balaban J connectivity index is 1.81. The lowest BCUT2D eigenvalue weighted by Gasteiger charge is -2.05. The molecule has 0 bridgehead atoms. The highest BCUT2D eigenvalue weighted by Crippen LogP contribution is 2.22. The number of benzene rings is 2. The molecule has 5 nitrogen and oxygen atoms in total. The Hall–Kier alpha value is -3.08. The Labute approximate surface area is 146 Å². The lowest BCUT2D eigenvalue weighted by molar-refractivity contribution is -0.118. The summed E-state index contributed by atoms with van der Waals surface area (Å²) >= 11 is 0. The second kappa shape index (κ2) is 7.66. The van der Waals surface area contributed by atoms with E-state index in [4.69, 9.17) is 0 Å². The molecule has 2 aromatic carbocycles. The Morgan fingerprint density at radius 3 is 2.36 bits per heavy atom. The van der Waals surface area contributed by atoms with E-state index in [-0.39, 0.29) is 11.8 Å². The topological polar surface area (TPSA) is 63.1 Å². The first-order chi connectivity index (χ1) is 12.1. The number of nitrogens with zero attached hydrogens (tertiary/aromatic N) is 1. The molecule has 0 saturated carbocycles. The van der Waals surface area contributed by atoms with Gasteiger partial charge in [0, 0.05) is 43.7 Å². The van der Waals surface area contributed by atoms with Crippen molar-refractivity contribution in [2.24, 2.45) is 0 Å². The van der Waals surface area contributed by atoms with E-state index in [1.165, 1.54) is 12.5 Å². The Kier molecular flexibility index (Phi) is 5.14. The summed E-state index contributed by atoms with van der Waals surface area (Å²) in [5.41, 5.74) is 2.86. The first kappa shape index (κ1) is 16.8. The first-order valence-electron chi connectivity index (χ1n) is 8.29. The van der Waals surface area contributed by atoms with E-state index >= 15 is 0 Å². The van der Waals surface area contributed by atoms with Crippen molar-refractivity contribution < 1.29 is 9.59 Å². The molecule has 0 unspecified atom stereocenters. The summed E-state index contributed by atoms with van der Waals surface area (Å²) in [5.74, 6) is -0.234. The summed E-state index contributed by atoms with van der Waals surface area (Å²) in [5, 5.41) is 6.45. The zero-order valence-electron chi connectivity index (χ0n) is 14.2. The van der Waals surface area contributed by atoms with Gasteiger partial charge in [-0.2, -0.15) is 0 Å². The van der Waals surface area contributed by atoms with Crippen LogP contribution in [0.3, 0.4) is 0 Å². The first-order valence-corrected chi connectivity index (χ1v) is 8.29. The molecule has 2 amide bonds. The number of nitrogens with one attached hydrogen (secondary N) is 2. The second-order valence-electron chi connectivity index (χ2n) is 5.91. The molecular formula is C20H21N3O2.